The van der Waals surface area contributed by atoms with E-state index in [1.54, 1.807) is 66.0 Å². The molecule has 2 fully saturated rings. The number of ether oxygens (including phenoxy) is 6. The molecular formula is C84H97N13O16. The first-order valence-electron chi connectivity index (χ1n) is 38.4. The van der Waals surface area contributed by atoms with Gasteiger partial charge in [-0.2, -0.15) is 0 Å². The van der Waals surface area contributed by atoms with Crippen molar-refractivity contribution in [3.8, 4) is 51.3 Å². The highest BCUT2D eigenvalue weighted by Crippen LogP contribution is 2.57. The summed E-state index contributed by atoms with van der Waals surface area (Å²) in [4.78, 5) is 130. The number of benzene rings is 6. The SMILES string of the molecule is CCC(C)(C)n1nnc2c1-c1ccccc1N(C(=O)CCC(=O)NCC(=O)NCC(=O)N[C@H](C(=O)N[C@@H](C)C(=O)Nc1ccc(COC(=O)N3c4cc(OCCCCCOc5cc6c(cc5OC)C(=O)N5C=C(c7ccc(OC)cc7)C[C@H]5CN6)c(OC)cc4C(=O)N4CC5(CC5)C[C@H]4[C@@H]3O)cc1)C(C)C)Cc1ccccc1-2. The van der Waals surface area contributed by atoms with Crippen molar-refractivity contribution in [1.82, 2.24) is 46.1 Å². The Morgan fingerprint density at radius 1 is 0.699 bits per heavy atom. The predicted octanol–water partition coefficient (Wildman–Crippen LogP) is 9.71. The van der Waals surface area contributed by atoms with Crippen LogP contribution >= 0.6 is 0 Å². The van der Waals surface area contributed by atoms with Crippen LogP contribution in [-0.2, 0) is 52.2 Å². The molecule has 5 aliphatic heterocycles. The van der Waals surface area contributed by atoms with Crippen LogP contribution in [0.15, 0.2) is 128 Å². The molecule has 0 bridgehead atoms. The fraction of sp³-hybridized carbons (Fsp3) is 0.417. The molecule has 1 saturated heterocycles. The van der Waals surface area contributed by atoms with Crippen molar-refractivity contribution in [2.24, 2.45) is 11.3 Å². The molecular weight excluding hydrogens is 1450 g/mol. The number of para-hydroxylation sites is 1. The number of carbonyl (C=O) groups is 9. The van der Waals surface area contributed by atoms with E-state index in [4.69, 9.17) is 28.4 Å². The Labute approximate surface area is 655 Å². The summed E-state index contributed by atoms with van der Waals surface area (Å²) in [5, 5.41) is 38.0. The van der Waals surface area contributed by atoms with E-state index in [-0.39, 0.29) is 84.5 Å². The number of nitrogens with one attached hydrogen (secondary N) is 6. The number of fused-ring (bicyclic) bond motifs is 9. The molecule has 1 saturated carbocycles. The predicted molar refractivity (Wildman–Crippen MR) is 421 cm³/mol. The van der Waals surface area contributed by atoms with Crippen LogP contribution in [0.1, 0.15) is 143 Å². The molecule has 13 rings (SSSR count). The summed E-state index contributed by atoms with van der Waals surface area (Å²) in [7, 11) is 4.62. The number of methoxy groups -OCH3 is 3. The summed E-state index contributed by atoms with van der Waals surface area (Å²) in [6.45, 7) is 11.6. The van der Waals surface area contributed by atoms with Gasteiger partial charge in [-0.1, -0.05) is 92.7 Å². The second kappa shape index (κ2) is 33.9. The molecule has 1 spiro atoms. The maximum atomic E-state index is 14.5. The van der Waals surface area contributed by atoms with Gasteiger partial charge in [0.25, 0.3) is 11.8 Å². The van der Waals surface area contributed by atoms with E-state index in [1.165, 1.54) is 33.3 Å². The first kappa shape index (κ1) is 79.1. The standard InChI is InChI=1S/C84H97N13O16/c1-10-83(5,6)97-76-59-20-14-15-21-63(59)94(45-53-18-12-13-19-58(53)75(76)91-92-97)73(101)31-30-70(98)86-43-71(99)87-44-72(100)90-74(49(2)3)78(103)88-50(4)77(102)89-55-26-22-51(23-27-55)47-113-82(107)96-64-40-69(67(110-9)38-61(64)80(105)95-48-84(32-33-84)41-65(95)81(96)106)112-35-17-11-16-34-111-68-39-62-60(37-66(68)109-8)79(104)93-46-54(36-56(93)42-85-62)52-24-28-57(108-7)29-25-52/h12-15,18-29,37-40,46,49-50,56,65,74,81,85,106H,10-11,16-17,30-36,41-45,47-48H2,1-9H3,(H,86,98)(H,87,99)(H,88,103)(H,89,102)(H,90,100)/t50-,56-,65-,74-,81-/m0/s1. The van der Waals surface area contributed by atoms with Gasteiger partial charge >= 0.3 is 6.09 Å². The normalized spacial score (nSPS) is 17.4. The molecule has 0 unspecified atom stereocenters. The number of carbonyl (C=O) groups excluding carboxylic acids is 9. The molecule has 7 N–H and O–H groups in total. The van der Waals surface area contributed by atoms with E-state index >= 15 is 0 Å². The Kier molecular flexibility index (Phi) is 23.7. The lowest BCUT2D eigenvalue weighted by molar-refractivity contribution is -0.132. The lowest BCUT2D eigenvalue weighted by atomic mass is 9.93. The average Bonchev–Trinajstić information content (AvgIpc) is 1.56. The summed E-state index contributed by atoms with van der Waals surface area (Å²) in [5.74, 6) is -2.28. The molecule has 6 aliphatic rings. The summed E-state index contributed by atoms with van der Waals surface area (Å²) in [6.07, 6.45) is 4.78. The van der Waals surface area contributed by atoms with E-state index in [2.05, 4.69) is 63.0 Å². The second-order valence-electron chi connectivity index (χ2n) is 30.5. The van der Waals surface area contributed by atoms with Gasteiger partial charge in [-0.3, -0.25) is 38.4 Å². The van der Waals surface area contributed by atoms with Crippen LogP contribution in [0.5, 0.6) is 28.7 Å². The molecule has 594 valence electrons. The van der Waals surface area contributed by atoms with Crippen LogP contribution in [0.2, 0.25) is 0 Å². The third-order valence-electron chi connectivity index (χ3n) is 22.1. The second-order valence-corrected chi connectivity index (χ2v) is 30.5. The Morgan fingerprint density at radius 2 is 1.37 bits per heavy atom. The fourth-order valence-corrected chi connectivity index (χ4v) is 15.0. The minimum Gasteiger partial charge on any atom is -0.497 e. The number of aliphatic hydroxyl groups is 1. The molecule has 7 aromatic rings. The minimum absolute atomic E-state index is 0.0780. The molecule has 0 radical (unpaired) electrons. The summed E-state index contributed by atoms with van der Waals surface area (Å²) < 4.78 is 37.2. The van der Waals surface area contributed by atoms with Crippen LogP contribution in [0.3, 0.4) is 0 Å². The van der Waals surface area contributed by atoms with Gasteiger partial charge in [-0.15, -0.1) is 5.10 Å². The number of rotatable bonds is 29. The van der Waals surface area contributed by atoms with Crippen molar-refractivity contribution in [2.75, 3.05) is 81.2 Å². The Hall–Kier alpha value is -12.0. The highest BCUT2D eigenvalue weighted by Gasteiger charge is 2.58. The fourth-order valence-electron chi connectivity index (χ4n) is 15.0. The molecule has 6 aromatic carbocycles. The van der Waals surface area contributed by atoms with Crippen molar-refractivity contribution in [3.63, 3.8) is 0 Å². The monoisotopic (exact) mass is 1540 g/mol. The number of aromatic nitrogens is 3. The first-order chi connectivity index (χ1) is 54.4. The summed E-state index contributed by atoms with van der Waals surface area (Å²) in [6, 6.07) is 33.1. The van der Waals surface area contributed by atoms with Crippen LogP contribution < -0.4 is 65.4 Å². The van der Waals surface area contributed by atoms with E-state index in [0.29, 0.717) is 97.2 Å². The summed E-state index contributed by atoms with van der Waals surface area (Å²) in [5.41, 5.74) is 8.37. The van der Waals surface area contributed by atoms with E-state index in [1.807, 2.05) is 89.7 Å². The molecule has 29 heteroatoms. The van der Waals surface area contributed by atoms with Crippen molar-refractivity contribution >= 4 is 81.7 Å². The topological polar surface area (TPSA) is 345 Å². The van der Waals surface area contributed by atoms with Gasteiger partial charge in [0, 0.05) is 61.1 Å². The Bertz CT molecular complexity index is 4820. The van der Waals surface area contributed by atoms with Gasteiger partial charge in [-0.25, -0.2) is 14.4 Å². The van der Waals surface area contributed by atoms with Crippen LogP contribution in [0, 0.1) is 11.3 Å². The number of hydrogen-bond acceptors (Lipinski definition) is 19. The molecule has 29 nitrogen and oxygen atoms in total. The minimum atomic E-state index is -1.48. The molecule has 1 aliphatic carbocycles. The zero-order valence-electron chi connectivity index (χ0n) is 65.0. The first-order valence-corrected chi connectivity index (χ1v) is 38.4. The summed E-state index contributed by atoms with van der Waals surface area (Å²) >= 11 is 0. The molecule has 9 amide bonds. The lowest BCUT2D eigenvalue weighted by Crippen LogP contribution is -2.55. The number of unbranched alkanes of at least 4 members (excludes halogenated alkanes) is 2. The largest absolute Gasteiger partial charge is 0.497 e. The van der Waals surface area contributed by atoms with Crippen LogP contribution in [-0.4, -0.2) is 174 Å². The zero-order chi connectivity index (χ0) is 80.0. The highest BCUT2D eigenvalue weighted by molar-refractivity contribution is 6.07. The number of hydrogen-bond donors (Lipinski definition) is 7. The van der Waals surface area contributed by atoms with Gasteiger partial charge in [-0.05, 0) is 148 Å². The zero-order valence-corrected chi connectivity index (χ0v) is 65.0. The number of aliphatic hydroxyl groups excluding tert-OH is 1. The van der Waals surface area contributed by atoms with E-state index in [0.717, 1.165) is 63.4 Å². The van der Waals surface area contributed by atoms with Gasteiger partial charge in [0.2, 0.25) is 35.4 Å². The molecule has 6 heterocycles. The maximum Gasteiger partial charge on any atom is 0.416 e. The maximum absolute atomic E-state index is 14.5. The quantitative estimate of drug-likeness (QED) is 0.0214. The highest BCUT2D eigenvalue weighted by atomic mass is 16.6. The molecule has 1 aromatic heterocycles. The van der Waals surface area contributed by atoms with Crippen LogP contribution in [0.25, 0.3) is 28.1 Å². The smallest absolute Gasteiger partial charge is 0.416 e. The third kappa shape index (κ3) is 17.2. The third-order valence-corrected chi connectivity index (χ3v) is 22.1. The van der Waals surface area contributed by atoms with Crippen molar-refractivity contribution < 1.29 is 76.7 Å². The van der Waals surface area contributed by atoms with Crippen molar-refractivity contribution in [3.05, 3.63) is 155 Å². The van der Waals surface area contributed by atoms with Gasteiger partial charge in [0.05, 0.1) is 106 Å². The number of anilines is 4. The number of nitrogens with zero attached hydrogens (tertiary/aromatic N) is 7. The Balaban J connectivity index is 0.557. The van der Waals surface area contributed by atoms with Crippen LogP contribution in [0.4, 0.5) is 27.5 Å². The van der Waals surface area contributed by atoms with E-state index < -0.39 is 84.5 Å². The van der Waals surface area contributed by atoms with Gasteiger partial charge in [0.15, 0.2) is 29.2 Å². The number of amides is 9. The molecule has 5 atom stereocenters. The van der Waals surface area contributed by atoms with Crippen molar-refractivity contribution in [2.45, 2.75) is 155 Å². The van der Waals surface area contributed by atoms with Gasteiger partial charge in [0.1, 0.15) is 30.1 Å². The van der Waals surface area contributed by atoms with Crippen molar-refractivity contribution in [1.29, 1.82) is 0 Å². The lowest BCUT2D eigenvalue weighted by Gasteiger charge is -2.31. The molecule has 113 heavy (non-hydrogen) atoms. The average molecular weight is 1540 g/mol. The van der Waals surface area contributed by atoms with E-state index in [9.17, 15) is 48.3 Å². The Morgan fingerprint density at radius 3 is 2.06 bits per heavy atom. The van der Waals surface area contributed by atoms with Gasteiger partial charge < -0.3 is 80.1 Å².